The van der Waals surface area contributed by atoms with Gasteiger partial charge in [-0.25, -0.2) is 9.97 Å². The second kappa shape index (κ2) is 7.56. The molecule has 0 bridgehead atoms. The van der Waals surface area contributed by atoms with Gasteiger partial charge in [-0.1, -0.05) is 23.2 Å². The molecule has 0 radical (unpaired) electrons. The Balaban J connectivity index is 1.62. The fourth-order valence-electron chi connectivity index (χ4n) is 2.94. The molecule has 8 heteroatoms. The summed E-state index contributed by atoms with van der Waals surface area (Å²) in [4.78, 5) is 25.1. The van der Waals surface area contributed by atoms with Crippen LogP contribution in [0.25, 0.3) is 0 Å². The first-order valence-corrected chi connectivity index (χ1v) is 8.71. The first kappa shape index (κ1) is 17.9. The minimum absolute atomic E-state index is 0.0327. The molecule has 25 heavy (non-hydrogen) atoms. The van der Waals surface area contributed by atoms with E-state index in [4.69, 9.17) is 28.9 Å². The quantitative estimate of drug-likeness (QED) is 0.883. The van der Waals surface area contributed by atoms with Crippen LogP contribution in [0.2, 0.25) is 10.0 Å². The summed E-state index contributed by atoms with van der Waals surface area (Å²) in [6.45, 7) is 1.94. The normalized spacial score (nSPS) is 17.3. The van der Waals surface area contributed by atoms with Gasteiger partial charge in [0.2, 0.25) is 0 Å². The minimum Gasteiger partial charge on any atom is -0.384 e. The van der Waals surface area contributed by atoms with Gasteiger partial charge in [-0.05, 0) is 37.7 Å². The lowest BCUT2D eigenvalue weighted by Gasteiger charge is -2.24. The molecule has 132 valence electrons. The molecule has 1 atom stereocenters. The highest BCUT2D eigenvalue weighted by Crippen LogP contribution is 2.25. The molecular weight excluding hydrogens is 361 g/mol. The molecule has 1 aromatic heterocycles. The highest BCUT2D eigenvalue weighted by atomic mass is 35.5. The number of aromatic nitrogens is 2. The van der Waals surface area contributed by atoms with Crippen molar-refractivity contribution in [3.05, 3.63) is 51.9 Å². The highest BCUT2D eigenvalue weighted by molar-refractivity contribution is 6.42. The van der Waals surface area contributed by atoms with E-state index in [0.717, 1.165) is 6.42 Å². The first-order valence-electron chi connectivity index (χ1n) is 7.96. The Hall–Kier alpha value is -1.89. The van der Waals surface area contributed by atoms with E-state index >= 15 is 0 Å². The van der Waals surface area contributed by atoms with Crippen LogP contribution in [-0.4, -0.2) is 51.9 Å². The summed E-state index contributed by atoms with van der Waals surface area (Å²) in [6.07, 6.45) is 2.55. The number of halogens is 2. The molecule has 1 aromatic carbocycles. The lowest BCUT2D eigenvalue weighted by Crippen LogP contribution is -2.36. The van der Waals surface area contributed by atoms with Gasteiger partial charge in [0.1, 0.15) is 11.6 Å². The number of nitrogens with zero attached hydrogens (tertiary/aromatic N) is 4. The number of nitrogen functional groups attached to an aromatic ring is 1. The van der Waals surface area contributed by atoms with Gasteiger partial charge in [0, 0.05) is 30.9 Å². The van der Waals surface area contributed by atoms with Crippen molar-refractivity contribution >= 4 is 34.9 Å². The molecule has 0 saturated carbocycles. The Labute approximate surface area is 156 Å². The van der Waals surface area contributed by atoms with Gasteiger partial charge in [-0.15, -0.1) is 0 Å². The summed E-state index contributed by atoms with van der Waals surface area (Å²) in [7, 11) is 2.00. The standard InChI is InChI=1S/C17H19Cl2N5O/c1-23(10-16-21-6-4-15(20)22-16)12-5-7-24(9-12)17(25)11-2-3-13(18)14(19)8-11/h2-4,6,8,12H,5,7,9-10H2,1H3,(H2,20,21,22)/t12-/m1/s1. The van der Waals surface area contributed by atoms with Crippen molar-refractivity contribution in [2.45, 2.75) is 19.0 Å². The van der Waals surface area contributed by atoms with Crippen LogP contribution in [0.4, 0.5) is 5.82 Å². The van der Waals surface area contributed by atoms with Crippen molar-refractivity contribution < 1.29 is 4.79 Å². The van der Waals surface area contributed by atoms with Crippen LogP contribution >= 0.6 is 23.2 Å². The number of likely N-dealkylation sites (tertiary alicyclic amines) is 1. The molecule has 2 N–H and O–H groups in total. The van der Waals surface area contributed by atoms with Crippen molar-refractivity contribution in [2.75, 3.05) is 25.9 Å². The van der Waals surface area contributed by atoms with Gasteiger partial charge in [0.05, 0.1) is 16.6 Å². The fraction of sp³-hybridized carbons (Fsp3) is 0.353. The summed E-state index contributed by atoms with van der Waals surface area (Å²) in [6, 6.07) is 6.87. The van der Waals surface area contributed by atoms with Crippen LogP contribution in [0, 0.1) is 0 Å². The van der Waals surface area contributed by atoms with Crippen LogP contribution in [-0.2, 0) is 6.54 Å². The minimum atomic E-state index is -0.0327. The molecule has 2 heterocycles. The molecule has 1 saturated heterocycles. The Morgan fingerprint density at radius 3 is 2.88 bits per heavy atom. The Bertz CT molecular complexity index is 785. The van der Waals surface area contributed by atoms with Crippen LogP contribution in [0.1, 0.15) is 22.6 Å². The molecular formula is C17H19Cl2N5O. The second-order valence-corrected chi connectivity index (χ2v) is 6.95. The van der Waals surface area contributed by atoms with Crippen LogP contribution < -0.4 is 5.73 Å². The number of amides is 1. The molecule has 6 nitrogen and oxygen atoms in total. The summed E-state index contributed by atoms with van der Waals surface area (Å²) < 4.78 is 0. The number of nitrogens with two attached hydrogens (primary N) is 1. The van der Waals surface area contributed by atoms with Crippen LogP contribution in [0.5, 0.6) is 0 Å². The summed E-state index contributed by atoms with van der Waals surface area (Å²) in [5, 5.41) is 0.832. The number of hydrogen-bond acceptors (Lipinski definition) is 5. The lowest BCUT2D eigenvalue weighted by molar-refractivity contribution is 0.0779. The molecule has 2 aromatic rings. The maximum atomic E-state index is 12.6. The Kier molecular flexibility index (Phi) is 5.42. The van der Waals surface area contributed by atoms with Gasteiger partial charge < -0.3 is 10.6 Å². The number of rotatable bonds is 4. The molecule has 1 aliphatic rings. The van der Waals surface area contributed by atoms with Crippen molar-refractivity contribution in [3.8, 4) is 0 Å². The fourth-order valence-corrected chi connectivity index (χ4v) is 3.24. The van der Waals surface area contributed by atoms with Gasteiger partial charge in [-0.2, -0.15) is 0 Å². The van der Waals surface area contributed by atoms with Crippen molar-refractivity contribution in [2.24, 2.45) is 0 Å². The lowest BCUT2D eigenvalue weighted by atomic mass is 10.2. The number of benzene rings is 1. The van der Waals surface area contributed by atoms with Crippen LogP contribution in [0.3, 0.4) is 0 Å². The van der Waals surface area contributed by atoms with Gasteiger partial charge in [-0.3, -0.25) is 9.69 Å². The molecule has 1 fully saturated rings. The topological polar surface area (TPSA) is 75.4 Å². The van der Waals surface area contributed by atoms with E-state index in [1.165, 1.54) is 0 Å². The summed E-state index contributed by atoms with van der Waals surface area (Å²) in [5.74, 6) is 1.10. The maximum absolute atomic E-state index is 12.6. The average molecular weight is 380 g/mol. The zero-order chi connectivity index (χ0) is 18.0. The molecule has 0 aliphatic carbocycles. The summed E-state index contributed by atoms with van der Waals surface area (Å²) in [5.41, 5.74) is 6.25. The smallest absolute Gasteiger partial charge is 0.253 e. The third kappa shape index (κ3) is 4.21. The van der Waals surface area contributed by atoms with E-state index in [0.29, 0.717) is 46.9 Å². The molecule has 3 rings (SSSR count). The van der Waals surface area contributed by atoms with E-state index < -0.39 is 0 Å². The third-order valence-electron chi connectivity index (χ3n) is 4.36. The number of carbonyl (C=O) groups excluding carboxylic acids is 1. The van der Waals surface area contributed by atoms with Crippen LogP contribution in [0.15, 0.2) is 30.5 Å². The van der Waals surface area contributed by atoms with Crippen molar-refractivity contribution in [3.63, 3.8) is 0 Å². The van der Waals surface area contributed by atoms with Gasteiger partial charge >= 0.3 is 0 Å². The SMILES string of the molecule is CN(Cc1nccc(N)n1)[C@@H]1CCN(C(=O)c2ccc(Cl)c(Cl)c2)C1. The zero-order valence-corrected chi connectivity index (χ0v) is 15.3. The van der Waals surface area contributed by atoms with E-state index in [2.05, 4.69) is 14.9 Å². The zero-order valence-electron chi connectivity index (χ0n) is 13.8. The van der Waals surface area contributed by atoms with Crippen molar-refractivity contribution in [1.29, 1.82) is 0 Å². The third-order valence-corrected chi connectivity index (χ3v) is 5.10. The first-order chi connectivity index (χ1) is 11.9. The number of anilines is 1. The predicted octanol–water partition coefficient (Wildman–Crippen LogP) is 2.71. The van der Waals surface area contributed by atoms with Gasteiger partial charge in [0.15, 0.2) is 0 Å². The molecule has 1 amide bonds. The maximum Gasteiger partial charge on any atom is 0.253 e. The molecule has 0 spiro atoms. The largest absolute Gasteiger partial charge is 0.384 e. The van der Waals surface area contributed by atoms with E-state index in [1.807, 2.05) is 11.9 Å². The monoisotopic (exact) mass is 379 g/mol. The molecule has 0 unspecified atom stereocenters. The second-order valence-electron chi connectivity index (χ2n) is 6.14. The summed E-state index contributed by atoms with van der Waals surface area (Å²) >= 11 is 11.9. The Morgan fingerprint density at radius 2 is 2.16 bits per heavy atom. The Morgan fingerprint density at radius 1 is 1.36 bits per heavy atom. The van der Waals surface area contributed by atoms with E-state index in [9.17, 15) is 4.79 Å². The molecule has 1 aliphatic heterocycles. The number of hydrogen-bond donors (Lipinski definition) is 1. The van der Waals surface area contributed by atoms with Gasteiger partial charge in [0.25, 0.3) is 5.91 Å². The highest BCUT2D eigenvalue weighted by Gasteiger charge is 2.29. The average Bonchev–Trinajstić information content (AvgIpc) is 3.07. The van der Waals surface area contributed by atoms with E-state index in [1.54, 1.807) is 30.5 Å². The van der Waals surface area contributed by atoms with Crippen molar-refractivity contribution in [1.82, 2.24) is 19.8 Å². The van der Waals surface area contributed by atoms with E-state index in [-0.39, 0.29) is 11.9 Å². The number of carbonyl (C=O) groups is 1. The number of likely N-dealkylation sites (N-methyl/N-ethyl adjacent to an activating group) is 1. The predicted molar refractivity (Wildman–Crippen MR) is 98.7 cm³/mol.